The molecule has 1 atom stereocenters. The molecule has 4 heteroatoms. The van der Waals surface area contributed by atoms with Crippen molar-refractivity contribution in [2.75, 3.05) is 18.4 Å². The van der Waals surface area contributed by atoms with Crippen molar-refractivity contribution < 1.29 is 0 Å². The van der Waals surface area contributed by atoms with Gasteiger partial charge in [-0.05, 0) is 25.8 Å². The number of nitrogens with zero attached hydrogens (tertiary/aromatic N) is 2. The summed E-state index contributed by atoms with van der Waals surface area (Å²) in [4.78, 5) is 0. The van der Waals surface area contributed by atoms with E-state index in [-0.39, 0.29) is 0 Å². The molecular weight excluding hydrogens is 164 g/mol. The maximum atomic E-state index is 5.65. The lowest BCUT2D eigenvalue weighted by Gasteiger charge is -2.22. The lowest BCUT2D eigenvalue weighted by atomic mass is 9.96. The summed E-state index contributed by atoms with van der Waals surface area (Å²) in [6.07, 6.45) is 1.07. The van der Waals surface area contributed by atoms with Gasteiger partial charge in [0.2, 0.25) is 0 Å². The standard InChI is InChI=1S/C9H16N4/c1-6-8-3-7(4-10)5-11-9(8)13(2)12-6/h7,11H,3-5,10H2,1-2H3. The van der Waals surface area contributed by atoms with Gasteiger partial charge in [-0.2, -0.15) is 5.10 Å². The molecule has 4 nitrogen and oxygen atoms in total. The van der Waals surface area contributed by atoms with Crippen LogP contribution in [0.5, 0.6) is 0 Å². The number of nitrogens with one attached hydrogen (secondary N) is 1. The molecule has 2 rings (SSSR count). The molecule has 0 amide bonds. The predicted octanol–water partition coefficient (Wildman–Crippen LogP) is 0.271. The molecule has 1 aliphatic rings. The number of rotatable bonds is 1. The van der Waals surface area contributed by atoms with Gasteiger partial charge in [0.15, 0.2) is 0 Å². The van der Waals surface area contributed by atoms with Gasteiger partial charge in [-0.25, -0.2) is 0 Å². The third-order valence-electron chi connectivity index (χ3n) is 2.73. The zero-order chi connectivity index (χ0) is 9.42. The summed E-state index contributed by atoms with van der Waals surface area (Å²) in [5, 5.41) is 7.75. The average Bonchev–Trinajstić information content (AvgIpc) is 2.42. The summed E-state index contributed by atoms with van der Waals surface area (Å²) in [5.74, 6) is 1.73. The fraction of sp³-hybridized carbons (Fsp3) is 0.667. The van der Waals surface area contributed by atoms with Crippen molar-refractivity contribution >= 4 is 5.82 Å². The number of aromatic nitrogens is 2. The first-order valence-electron chi connectivity index (χ1n) is 4.68. The third-order valence-corrected chi connectivity index (χ3v) is 2.73. The molecule has 0 aromatic carbocycles. The van der Waals surface area contributed by atoms with Gasteiger partial charge < -0.3 is 11.1 Å². The minimum absolute atomic E-state index is 0.565. The molecule has 3 N–H and O–H groups in total. The van der Waals surface area contributed by atoms with Gasteiger partial charge in [-0.3, -0.25) is 4.68 Å². The van der Waals surface area contributed by atoms with E-state index in [2.05, 4.69) is 17.3 Å². The minimum Gasteiger partial charge on any atom is -0.370 e. The SMILES string of the molecule is Cc1nn(C)c2c1CC(CN)CN2. The highest BCUT2D eigenvalue weighted by molar-refractivity contribution is 5.49. The number of aryl methyl sites for hydroxylation is 2. The molecule has 0 aliphatic carbocycles. The molecule has 13 heavy (non-hydrogen) atoms. The third kappa shape index (κ3) is 1.31. The fourth-order valence-electron chi connectivity index (χ4n) is 1.94. The van der Waals surface area contributed by atoms with E-state index in [0.717, 1.165) is 25.2 Å². The van der Waals surface area contributed by atoms with E-state index in [0.29, 0.717) is 5.92 Å². The van der Waals surface area contributed by atoms with Crippen molar-refractivity contribution in [2.45, 2.75) is 13.3 Å². The first kappa shape index (κ1) is 8.56. The number of hydrogen-bond acceptors (Lipinski definition) is 3. The Bertz CT molecular complexity index is 316. The van der Waals surface area contributed by atoms with Crippen LogP contribution in [0.15, 0.2) is 0 Å². The van der Waals surface area contributed by atoms with Crippen molar-refractivity contribution in [1.29, 1.82) is 0 Å². The highest BCUT2D eigenvalue weighted by atomic mass is 15.3. The first-order chi connectivity index (χ1) is 6.22. The zero-order valence-corrected chi connectivity index (χ0v) is 8.17. The molecule has 72 valence electrons. The molecular formula is C9H16N4. The Morgan fingerprint density at radius 3 is 3.15 bits per heavy atom. The molecule has 0 saturated carbocycles. The molecule has 0 spiro atoms. The first-order valence-corrected chi connectivity index (χ1v) is 4.68. The average molecular weight is 180 g/mol. The van der Waals surface area contributed by atoms with Crippen molar-refractivity contribution in [3.63, 3.8) is 0 Å². The van der Waals surface area contributed by atoms with Crippen LogP contribution < -0.4 is 11.1 Å². The van der Waals surface area contributed by atoms with Crippen LogP contribution in [0, 0.1) is 12.8 Å². The van der Waals surface area contributed by atoms with Crippen LogP contribution in [0.25, 0.3) is 0 Å². The van der Waals surface area contributed by atoms with Crippen molar-refractivity contribution in [1.82, 2.24) is 9.78 Å². The number of fused-ring (bicyclic) bond motifs is 1. The number of hydrogen-bond donors (Lipinski definition) is 2. The Kier molecular flexibility index (Phi) is 2.00. The summed E-state index contributed by atoms with van der Waals surface area (Å²) >= 11 is 0. The van der Waals surface area contributed by atoms with Crippen molar-refractivity contribution in [3.05, 3.63) is 11.3 Å². The summed E-state index contributed by atoms with van der Waals surface area (Å²) in [6.45, 7) is 3.78. The molecule has 0 fully saturated rings. The normalized spacial score (nSPS) is 21.0. The van der Waals surface area contributed by atoms with Gasteiger partial charge in [0.25, 0.3) is 0 Å². The molecule has 1 aromatic rings. The lowest BCUT2D eigenvalue weighted by Crippen LogP contribution is -2.29. The maximum Gasteiger partial charge on any atom is 0.127 e. The Morgan fingerprint density at radius 2 is 2.46 bits per heavy atom. The number of nitrogens with two attached hydrogens (primary N) is 1. The zero-order valence-electron chi connectivity index (χ0n) is 8.17. The lowest BCUT2D eigenvalue weighted by molar-refractivity contribution is 0.545. The van der Waals surface area contributed by atoms with Crippen LogP contribution in [-0.4, -0.2) is 22.9 Å². The van der Waals surface area contributed by atoms with Crippen LogP contribution in [0.4, 0.5) is 5.82 Å². The molecule has 1 unspecified atom stereocenters. The van der Waals surface area contributed by atoms with Gasteiger partial charge in [0.1, 0.15) is 5.82 Å². The van der Waals surface area contributed by atoms with Gasteiger partial charge >= 0.3 is 0 Å². The number of anilines is 1. The van der Waals surface area contributed by atoms with E-state index in [1.165, 1.54) is 11.4 Å². The second-order valence-corrected chi connectivity index (χ2v) is 3.72. The summed E-state index contributed by atoms with van der Waals surface area (Å²) < 4.78 is 1.91. The van der Waals surface area contributed by atoms with Gasteiger partial charge in [0, 0.05) is 19.2 Å². The van der Waals surface area contributed by atoms with Crippen LogP contribution in [0.2, 0.25) is 0 Å². The smallest absolute Gasteiger partial charge is 0.127 e. The molecule has 1 aliphatic heterocycles. The summed E-state index contributed by atoms with van der Waals surface area (Å²) in [7, 11) is 1.97. The van der Waals surface area contributed by atoms with Crippen LogP contribution in [-0.2, 0) is 13.5 Å². The minimum atomic E-state index is 0.565. The van der Waals surface area contributed by atoms with Crippen molar-refractivity contribution in [3.8, 4) is 0 Å². The predicted molar refractivity (Wildman–Crippen MR) is 52.7 cm³/mol. The van der Waals surface area contributed by atoms with Crippen LogP contribution >= 0.6 is 0 Å². The van der Waals surface area contributed by atoms with E-state index in [4.69, 9.17) is 5.73 Å². The maximum absolute atomic E-state index is 5.65. The highest BCUT2D eigenvalue weighted by Gasteiger charge is 2.22. The van der Waals surface area contributed by atoms with Gasteiger partial charge in [-0.15, -0.1) is 0 Å². The molecule has 0 bridgehead atoms. The van der Waals surface area contributed by atoms with E-state index in [9.17, 15) is 0 Å². The molecule has 0 radical (unpaired) electrons. The quantitative estimate of drug-likeness (QED) is 0.652. The van der Waals surface area contributed by atoms with E-state index >= 15 is 0 Å². The Labute approximate surface area is 78.1 Å². The van der Waals surface area contributed by atoms with E-state index in [1.54, 1.807) is 0 Å². The Hall–Kier alpha value is -1.03. The molecule has 1 aromatic heterocycles. The topological polar surface area (TPSA) is 55.9 Å². The highest BCUT2D eigenvalue weighted by Crippen LogP contribution is 2.26. The second kappa shape index (κ2) is 3.03. The van der Waals surface area contributed by atoms with E-state index in [1.807, 2.05) is 11.7 Å². The second-order valence-electron chi connectivity index (χ2n) is 3.72. The largest absolute Gasteiger partial charge is 0.370 e. The van der Waals surface area contributed by atoms with E-state index < -0.39 is 0 Å². The van der Waals surface area contributed by atoms with Gasteiger partial charge in [-0.1, -0.05) is 0 Å². The fourth-order valence-corrected chi connectivity index (χ4v) is 1.94. The Morgan fingerprint density at radius 1 is 1.69 bits per heavy atom. The van der Waals surface area contributed by atoms with Crippen LogP contribution in [0.3, 0.4) is 0 Å². The molecule has 0 saturated heterocycles. The van der Waals surface area contributed by atoms with Crippen molar-refractivity contribution in [2.24, 2.45) is 18.7 Å². The van der Waals surface area contributed by atoms with Crippen LogP contribution in [0.1, 0.15) is 11.3 Å². The van der Waals surface area contributed by atoms with Gasteiger partial charge in [0.05, 0.1) is 5.69 Å². The molecule has 2 heterocycles. The Balaban J connectivity index is 2.33. The monoisotopic (exact) mass is 180 g/mol. The summed E-state index contributed by atoms with van der Waals surface area (Å²) in [5.41, 5.74) is 8.12. The summed E-state index contributed by atoms with van der Waals surface area (Å²) in [6, 6.07) is 0.